The van der Waals surface area contributed by atoms with Crippen LogP contribution in [0.15, 0.2) is 17.0 Å². The molecule has 8 nitrogen and oxygen atoms in total. The molecule has 1 aromatic rings. The standard InChI is InChI=1S/C6H3ClN2O6S/c7-6-4(8(10)11)1-3(16(14)15)2-5(6)9(12)13/h1-2H,(H,14,15). The molecule has 0 spiro atoms. The number of halogens is 1. The molecule has 0 bridgehead atoms. The lowest BCUT2D eigenvalue weighted by Gasteiger charge is -1.99. The van der Waals surface area contributed by atoms with Crippen molar-refractivity contribution in [1.29, 1.82) is 0 Å². The molecule has 0 saturated carbocycles. The van der Waals surface area contributed by atoms with Crippen molar-refractivity contribution in [3.8, 4) is 0 Å². The Morgan fingerprint density at radius 3 is 1.81 bits per heavy atom. The molecule has 0 aliphatic carbocycles. The van der Waals surface area contributed by atoms with Crippen molar-refractivity contribution in [2.75, 3.05) is 0 Å². The third kappa shape index (κ3) is 2.32. The lowest BCUT2D eigenvalue weighted by Crippen LogP contribution is -1.98. The zero-order valence-electron chi connectivity index (χ0n) is 7.32. The molecule has 1 N–H and O–H groups in total. The van der Waals surface area contributed by atoms with Crippen molar-refractivity contribution in [3.63, 3.8) is 0 Å². The molecule has 0 fully saturated rings. The van der Waals surface area contributed by atoms with Gasteiger partial charge in [0.15, 0.2) is 16.1 Å². The first-order valence-electron chi connectivity index (χ1n) is 3.57. The van der Waals surface area contributed by atoms with E-state index in [-0.39, 0.29) is 0 Å². The molecule has 0 aliphatic heterocycles. The van der Waals surface area contributed by atoms with Crippen LogP contribution in [0.25, 0.3) is 0 Å². The normalized spacial score (nSPS) is 12.1. The van der Waals surface area contributed by atoms with Crippen LogP contribution >= 0.6 is 11.6 Å². The summed E-state index contributed by atoms with van der Waals surface area (Å²) in [5.41, 5.74) is -1.57. The minimum Gasteiger partial charge on any atom is -0.302 e. The largest absolute Gasteiger partial charge is 0.302 e. The second-order valence-electron chi connectivity index (χ2n) is 2.54. The van der Waals surface area contributed by atoms with Gasteiger partial charge < -0.3 is 4.55 Å². The number of hydrogen-bond donors (Lipinski definition) is 1. The molecule has 1 rings (SSSR count). The summed E-state index contributed by atoms with van der Waals surface area (Å²) in [5.74, 6) is 0. The van der Waals surface area contributed by atoms with Gasteiger partial charge in [-0.3, -0.25) is 20.2 Å². The average Bonchev–Trinajstić information content (AvgIpc) is 2.16. The Morgan fingerprint density at radius 1 is 1.19 bits per heavy atom. The van der Waals surface area contributed by atoms with Crippen molar-refractivity contribution in [1.82, 2.24) is 0 Å². The highest BCUT2D eigenvalue weighted by Crippen LogP contribution is 2.35. The van der Waals surface area contributed by atoms with Crippen molar-refractivity contribution in [2.24, 2.45) is 0 Å². The number of nitro benzene ring substituents is 2. The molecule has 0 aliphatic rings. The van der Waals surface area contributed by atoms with Gasteiger partial charge in [-0.1, -0.05) is 11.6 Å². The van der Waals surface area contributed by atoms with Crippen LogP contribution in [0.2, 0.25) is 5.02 Å². The van der Waals surface area contributed by atoms with Gasteiger partial charge in [-0.05, 0) is 0 Å². The first-order chi connectivity index (χ1) is 7.34. The molecule has 1 aromatic carbocycles. The summed E-state index contributed by atoms with van der Waals surface area (Å²) in [6, 6.07) is 1.43. The van der Waals surface area contributed by atoms with Gasteiger partial charge in [0.05, 0.1) is 14.7 Å². The van der Waals surface area contributed by atoms with Gasteiger partial charge in [0, 0.05) is 12.1 Å². The second kappa shape index (κ2) is 4.51. The van der Waals surface area contributed by atoms with Crippen molar-refractivity contribution >= 4 is 34.1 Å². The first kappa shape index (κ1) is 12.5. The van der Waals surface area contributed by atoms with E-state index in [1.165, 1.54) is 0 Å². The van der Waals surface area contributed by atoms with E-state index >= 15 is 0 Å². The summed E-state index contributed by atoms with van der Waals surface area (Å²) < 4.78 is 19.4. The zero-order chi connectivity index (χ0) is 12.5. The Balaban J connectivity index is 3.57. The van der Waals surface area contributed by atoms with Crippen LogP contribution in [-0.4, -0.2) is 18.6 Å². The lowest BCUT2D eigenvalue weighted by molar-refractivity contribution is -0.394. The summed E-state index contributed by atoms with van der Waals surface area (Å²) in [6.45, 7) is 0. The molecule has 10 heteroatoms. The van der Waals surface area contributed by atoms with Crippen LogP contribution in [0.1, 0.15) is 0 Å². The Morgan fingerprint density at radius 2 is 1.56 bits per heavy atom. The van der Waals surface area contributed by atoms with Crippen molar-refractivity contribution in [2.45, 2.75) is 4.90 Å². The van der Waals surface area contributed by atoms with Gasteiger partial charge in [-0.25, -0.2) is 4.21 Å². The van der Waals surface area contributed by atoms with Crippen LogP contribution in [0.4, 0.5) is 11.4 Å². The van der Waals surface area contributed by atoms with E-state index in [0.717, 1.165) is 0 Å². The molecule has 86 valence electrons. The van der Waals surface area contributed by atoms with Crippen LogP contribution in [-0.2, 0) is 11.1 Å². The van der Waals surface area contributed by atoms with Gasteiger partial charge in [0.1, 0.15) is 0 Å². The van der Waals surface area contributed by atoms with Gasteiger partial charge in [0.25, 0.3) is 11.4 Å². The predicted molar refractivity (Wildman–Crippen MR) is 53.8 cm³/mol. The number of nitrogens with zero attached hydrogens (tertiary/aromatic N) is 2. The number of nitro groups is 2. The fraction of sp³-hybridized carbons (Fsp3) is 0. The first-order valence-corrected chi connectivity index (χ1v) is 5.06. The monoisotopic (exact) mass is 266 g/mol. The number of rotatable bonds is 3. The predicted octanol–water partition coefficient (Wildman–Crippen LogP) is 1.74. The summed E-state index contributed by atoms with van der Waals surface area (Å²) in [7, 11) is 0. The summed E-state index contributed by atoms with van der Waals surface area (Å²) in [4.78, 5) is 18.6. The highest BCUT2D eigenvalue weighted by molar-refractivity contribution is 7.79. The Labute approximate surface area is 95.4 Å². The van der Waals surface area contributed by atoms with E-state index in [1.54, 1.807) is 0 Å². The molecule has 0 aromatic heterocycles. The van der Waals surface area contributed by atoms with Crippen molar-refractivity contribution < 1.29 is 18.6 Å². The molecule has 16 heavy (non-hydrogen) atoms. The molecule has 0 radical (unpaired) electrons. The topological polar surface area (TPSA) is 124 Å². The smallest absolute Gasteiger partial charge is 0.296 e. The third-order valence-electron chi connectivity index (χ3n) is 1.60. The van der Waals surface area contributed by atoms with Crippen LogP contribution in [0.5, 0.6) is 0 Å². The quantitative estimate of drug-likeness (QED) is 0.505. The molecule has 0 saturated heterocycles. The van der Waals surface area contributed by atoms with Gasteiger partial charge in [-0.2, -0.15) is 0 Å². The second-order valence-corrected chi connectivity index (χ2v) is 3.89. The minimum atomic E-state index is -2.56. The van der Waals surface area contributed by atoms with Crippen LogP contribution in [0.3, 0.4) is 0 Å². The molecule has 0 heterocycles. The third-order valence-corrected chi connectivity index (χ3v) is 2.63. The molecular weight excluding hydrogens is 264 g/mol. The van der Waals surface area contributed by atoms with E-state index in [9.17, 15) is 24.4 Å². The summed E-state index contributed by atoms with van der Waals surface area (Å²) in [5, 5.41) is 20.3. The maximum atomic E-state index is 10.7. The summed E-state index contributed by atoms with van der Waals surface area (Å²) >= 11 is 2.85. The fourth-order valence-corrected chi connectivity index (χ4v) is 1.61. The maximum absolute atomic E-state index is 10.7. The van der Waals surface area contributed by atoms with Crippen LogP contribution < -0.4 is 0 Å². The molecular formula is C6H3ClN2O6S. The van der Waals surface area contributed by atoms with Crippen LogP contribution in [0, 0.1) is 20.2 Å². The Bertz CT molecular complexity index is 469. The van der Waals surface area contributed by atoms with Gasteiger partial charge in [0.2, 0.25) is 0 Å². The zero-order valence-corrected chi connectivity index (χ0v) is 8.90. The van der Waals surface area contributed by atoms with Gasteiger partial charge >= 0.3 is 0 Å². The Kier molecular flexibility index (Phi) is 3.52. The van der Waals surface area contributed by atoms with E-state index in [1.807, 2.05) is 0 Å². The molecule has 1 unspecified atom stereocenters. The fourth-order valence-electron chi connectivity index (χ4n) is 0.936. The number of benzene rings is 1. The van der Waals surface area contributed by atoms with E-state index in [4.69, 9.17) is 16.2 Å². The summed E-state index contributed by atoms with van der Waals surface area (Å²) in [6.07, 6.45) is 0. The van der Waals surface area contributed by atoms with E-state index < -0.39 is 42.2 Å². The minimum absolute atomic E-state index is 0.456. The lowest BCUT2D eigenvalue weighted by atomic mass is 10.3. The Hall–Kier alpha value is -1.58. The molecule has 1 atom stereocenters. The SMILES string of the molecule is O=[N+]([O-])c1cc(S(=O)O)cc([N+](=O)[O-])c1Cl. The highest BCUT2D eigenvalue weighted by atomic mass is 35.5. The van der Waals surface area contributed by atoms with Crippen molar-refractivity contribution in [3.05, 3.63) is 37.4 Å². The number of hydrogen-bond acceptors (Lipinski definition) is 5. The maximum Gasteiger partial charge on any atom is 0.296 e. The molecule has 0 amide bonds. The van der Waals surface area contributed by atoms with E-state index in [0.29, 0.717) is 12.1 Å². The van der Waals surface area contributed by atoms with E-state index in [2.05, 4.69) is 0 Å². The highest BCUT2D eigenvalue weighted by Gasteiger charge is 2.26. The van der Waals surface area contributed by atoms with Gasteiger partial charge in [-0.15, -0.1) is 0 Å². The average molecular weight is 267 g/mol.